The molecular formula is C10H17NO5S2. The number of rotatable bonds is 10. The molecule has 18 heavy (non-hydrogen) atoms. The highest BCUT2D eigenvalue weighted by atomic mass is 32.2. The van der Waals surface area contributed by atoms with Crippen LogP contribution in [0.5, 0.6) is 0 Å². The summed E-state index contributed by atoms with van der Waals surface area (Å²) >= 11 is 1.51. The van der Waals surface area contributed by atoms with Crippen molar-refractivity contribution in [2.45, 2.75) is 12.8 Å². The SMILES string of the molecule is CS(=O)(=O)CCCSCCC(=O)OCCN=C=O. The van der Waals surface area contributed by atoms with Crippen molar-refractivity contribution in [2.75, 3.05) is 36.7 Å². The van der Waals surface area contributed by atoms with Crippen LogP contribution in [0.25, 0.3) is 0 Å². The molecule has 0 fully saturated rings. The average Bonchev–Trinajstić information content (AvgIpc) is 2.28. The van der Waals surface area contributed by atoms with Gasteiger partial charge in [0.15, 0.2) is 0 Å². The van der Waals surface area contributed by atoms with Crippen molar-refractivity contribution < 1.29 is 22.7 Å². The third kappa shape index (κ3) is 13.2. The minimum absolute atomic E-state index is 0.0901. The second kappa shape index (κ2) is 10.1. The first-order valence-corrected chi connectivity index (χ1v) is 8.62. The Hall–Kier alpha value is -0.850. The van der Waals surface area contributed by atoms with Gasteiger partial charge in [-0.2, -0.15) is 11.8 Å². The van der Waals surface area contributed by atoms with Gasteiger partial charge in [-0.25, -0.2) is 18.2 Å². The number of isocyanates is 1. The number of carbonyl (C=O) groups is 1. The molecule has 0 heterocycles. The van der Waals surface area contributed by atoms with Gasteiger partial charge in [-0.1, -0.05) is 0 Å². The van der Waals surface area contributed by atoms with Crippen LogP contribution in [-0.4, -0.2) is 57.1 Å². The first kappa shape index (κ1) is 17.2. The lowest BCUT2D eigenvalue weighted by Crippen LogP contribution is -2.09. The molecule has 0 aromatic heterocycles. The van der Waals surface area contributed by atoms with E-state index >= 15 is 0 Å². The number of aliphatic imine (C=N–C) groups is 1. The fourth-order valence-corrected chi connectivity index (χ4v) is 2.72. The molecule has 0 aromatic carbocycles. The van der Waals surface area contributed by atoms with E-state index in [1.165, 1.54) is 24.1 Å². The monoisotopic (exact) mass is 295 g/mol. The maximum absolute atomic E-state index is 11.1. The molecule has 0 unspecified atom stereocenters. The number of esters is 1. The highest BCUT2D eigenvalue weighted by molar-refractivity contribution is 7.99. The van der Waals surface area contributed by atoms with Gasteiger partial charge in [0.1, 0.15) is 16.4 Å². The molecule has 0 saturated carbocycles. The maximum Gasteiger partial charge on any atom is 0.306 e. The predicted molar refractivity (Wildman–Crippen MR) is 70.2 cm³/mol. The van der Waals surface area contributed by atoms with Gasteiger partial charge in [0.05, 0.1) is 18.7 Å². The van der Waals surface area contributed by atoms with E-state index in [0.29, 0.717) is 17.9 Å². The molecule has 0 bridgehead atoms. The fraction of sp³-hybridized carbons (Fsp3) is 0.800. The quantitative estimate of drug-likeness (QED) is 0.251. The fourth-order valence-electron chi connectivity index (χ4n) is 1.00. The second-order valence-corrected chi connectivity index (χ2v) is 7.02. The van der Waals surface area contributed by atoms with Crippen LogP contribution < -0.4 is 0 Å². The van der Waals surface area contributed by atoms with Gasteiger partial charge < -0.3 is 4.74 Å². The molecule has 0 radical (unpaired) electrons. The standard InChI is InChI=1S/C10H17NO5S2/c1-18(14,15)8-2-6-17-7-3-10(13)16-5-4-11-9-12/h2-8H2,1H3. The van der Waals surface area contributed by atoms with Crippen LogP contribution in [0.4, 0.5) is 0 Å². The van der Waals surface area contributed by atoms with Crippen LogP contribution in [0, 0.1) is 0 Å². The Morgan fingerprint density at radius 2 is 2.11 bits per heavy atom. The normalized spacial score (nSPS) is 10.7. The van der Waals surface area contributed by atoms with Crippen LogP contribution in [0.15, 0.2) is 4.99 Å². The first-order valence-electron chi connectivity index (χ1n) is 5.40. The Kier molecular flexibility index (Phi) is 9.63. The van der Waals surface area contributed by atoms with Gasteiger partial charge >= 0.3 is 5.97 Å². The summed E-state index contributed by atoms with van der Waals surface area (Å²) in [7, 11) is -2.89. The lowest BCUT2D eigenvalue weighted by molar-refractivity contribution is -0.142. The van der Waals surface area contributed by atoms with Crippen molar-refractivity contribution in [1.29, 1.82) is 0 Å². The molecule has 0 aliphatic heterocycles. The van der Waals surface area contributed by atoms with E-state index < -0.39 is 9.84 Å². The van der Waals surface area contributed by atoms with E-state index in [1.807, 2.05) is 0 Å². The van der Waals surface area contributed by atoms with Crippen LogP contribution >= 0.6 is 11.8 Å². The molecule has 0 spiro atoms. The number of hydrogen-bond donors (Lipinski definition) is 0. The highest BCUT2D eigenvalue weighted by Crippen LogP contribution is 2.06. The summed E-state index contributed by atoms with van der Waals surface area (Å²) < 4.78 is 26.4. The Bertz CT molecular complexity index is 387. The molecule has 104 valence electrons. The van der Waals surface area contributed by atoms with Gasteiger partial charge in [-0.15, -0.1) is 0 Å². The zero-order valence-corrected chi connectivity index (χ0v) is 11.9. The smallest absolute Gasteiger partial charge is 0.306 e. The number of nitrogens with zero attached hydrogens (tertiary/aromatic N) is 1. The molecule has 0 saturated heterocycles. The van der Waals surface area contributed by atoms with E-state index in [2.05, 4.69) is 4.99 Å². The predicted octanol–water partition coefficient (Wildman–Crippen LogP) is 0.423. The van der Waals surface area contributed by atoms with E-state index in [0.717, 1.165) is 0 Å². The third-order valence-corrected chi connectivity index (χ3v) is 3.89. The summed E-state index contributed by atoms with van der Waals surface area (Å²) in [6.45, 7) is 0.226. The summed E-state index contributed by atoms with van der Waals surface area (Å²) in [5.74, 6) is 1.13. The topological polar surface area (TPSA) is 89.9 Å². The van der Waals surface area contributed by atoms with Crippen molar-refractivity contribution in [2.24, 2.45) is 4.99 Å². The minimum atomic E-state index is -2.89. The van der Waals surface area contributed by atoms with Gasteiger partial charge in [0.2, 0.25) is 6.08 Å². The second-order valence-electron chi connectivity index (χ2n) is 3.54. The summed E-state index contributed by atoms with van der Waals surface area (Å²) in [4.78, 5) is 24.1. The molecular weight excluding hydrogens is 278 g/mol. The van der Waals surface area contributed by atoms with E-state index in [1.54, 1.807) is 0 Å². The summed E-state index contributed by atoms with van der Waals surface area (Å²) in [5.41, 5.74) is 0. The number of carbonyl (C=O) groups excluding carboxylic acids is 2. The molecule has 0 amide bonds. The molecule has 0 aliphatic carbocycles. The van der Waals surface area contributed by atoms with Crippen LogP contribution in [0.2, 0.25) is 0 Å². The van der Waals surface area contributed by atoms with Crippen molar-refractivity contribution in [1.82, 2.24) is 0 Å². The van der Waals surface area contributed by atoms with Gasteiger partial charge in [-0.05, 0) is 12.2 Å². The average molecular weight is 295 g/mol. The van der Waals surface area contributed by atoms with Gasteiger partial charge in [0, 0.05) is 12.0 Å². The van der Waals surface area contributed by atoms with Crippen LogP contribution in [0.3, 0.4) is 0 Å². The Balaban J connectivity index is 3.38. The first-order chi connectivity index (χ1) is 8.45. The molecule has 6 nitrogen and oxygen atoms in total. The molecule has 0 N–H and O–H groups in total. The van der Waals surface area contributed by atoms with Crippen LogP contribution in [-0.2, 0) is 24.2 Å². The summed E-state index contributed by atoms with van der Waals surface area (Å²) in [6.07, 6.45) is 3.42. The molecule has 8 heteroatoms. The van der Waals surface area contributed by atoms with Gasteiger partial charge in [-0.3, -0.25) is 4.79 Å². The number of sulfone groups is 1. The maximum atomic E-state index is 11.1. The molecule has 0 rings (SSSR count). The number of hydrogen-bond acceptors (Lipinski definition) is 7. The van der Waals surface area contributed by atoms with Crippen LogP contribution in [0.1, 0.15) is 12.8 Å². The van der Waals surface area contributed by atoms with Crippen molar-refractivity contribution in [3.63, 3.8) is 0 Å². The Morgan fingerprint density at radius 1 is 1.39 bits per heavy atom. The summed E-state index contributed by atoms with van der Waals surface area (Å²) in [6, 6.07) is 0. The van der Waals surface area contributed by atoms with Crippen molar-refractivity contribution in [3.8, 4) is 0 Å². The molecule has 0 aliphatic rings. The Labute approximate surface area is 111 Å². The van der Waals surface area contributed by atoms with E-state index in [-0.39, 0.29) is 31.3 Å². The lowest BCUT2D eigenvalue weighted by Gasteiger charge is -2.02. The zero-order chi connectivity index (χ0) is 13.9. The molecule has 0 aromatic rings. The van der Waals surface area contributed by atoms with Gasteiger partial charge in [0.25, 0.3) is 0 Å². The zero-order valence-electron chi connectivity index (χ0n) is 10.3. The number of ether oxygens (including phenoxy) is 1. The lowest BCUT2D eigenvalue weighted by atomic mass is 10.5. The number of thioether (sulfide) groups is 1. The Morgan fingerprint density at radius 3 is 2.72 bits per heavy atom. The van der Waals surface area contributed by atoms with E-state index in [9.17, 15) is 18.0 Å². The van der Waals surface area contributed by atoms with Crippen molar-refractivity contribution >= 4 is 33.6 Å². The van der Waals surface area contributed by atoms with E-state index in [4.69, 9.17) is 4.74 Å². The van der Waals surface area contributed by atoms with Crippen molar-refractivity contribution in [3.05, 3.63) is 0 Å². The largest absolute Gasteiger partial charge is 0.464 e. The summed E-state index contributed by atoms with van der Waals surface area (Å²) in [5, 5.41) is 0. The minimum Gasteiger partial charge on any atom is -0.464 e. The molecule has 0 atom stereocenters. The highest BCUT2D eigenvalue weighted by Gasteiger charge is 2.04. The third-order valence-electron chi connectivity index (χ3n) is 1.79.